The van der Waals surface area contributed by atoms with Gasteiger partial charge in [-0.3, -0.25) is 0 Å². The van der Waals surface area contributed by atoms with Gasteiger partial charge in [0.1, 0.15) is 23.7 Å². The van der Waals surface area contributed by atoms with E-state index in [1.54, 1.807) is 18.7 Å². The molecule has 0 aliphatic rings. The Balaban J connectivity index is 1.53. The first kappa shape index (κ1) is 22.3. The molecule has 0 atom stereocenters. The van der Waals surface area contributed by atoms with Gasteiger partial charge in [0.15, 0.2) is 0 Å². The van der Waals surface area contributed by atoms with E-state index >= 15 is 0 Å². The van der Waals surface area contributed by atoms with Crippen molar-refractivity contribution in [2.24, 2.45) is 0 Å². The van der Waals surface area contributed by atoms with Crippen molar-refractivity contribution in [2.75, 3.05) is 10.6 Å². The highest BCUT2D eigenvalue weighted by molar-refractivity contribution is 6.03. The van der Waals surface area contributed by atoms with Crippen molar-refractivity contribution in [1.29, 1.82) is 0 Å². The van der Waals surface area contributed by atoms with Gasteiger partial charge in [0.25, 0.3) is 0 Å². The van der Waals surface area contributed by atoms with Gasteiger partial charge in [0, 0.05) is 46.7 Å². The van der Waals surface area contributed by atoms with Gasteiger partial charge in [0.2, 0.25) is 0 Å². The molecule has 35 heavy (non-hydrogen) atoms. The summed E-state index contributed by atoms with van der Waals surface area (Å²) in [5, 5.41) is 9.05. The van der Waals surface area contributed by atoms with Crippen LogP contribution in [0.2, 0.25) is 0 Å². The highest BCUT2D eigenvalue weighted by atomic mass is 16.5. The summed E-state index contributed by atoms with van der Waals surface area (Å²) in [4.78, 5) is 17.7. The molecular formula is C28H26N6O. The number of fused-ring (bicyclic) bond motifs is 1. The number of ether oxygens (including phenoxy) is 1. The predicted molar refractivity (Wildman–Crippen MR) is 141 cm³/mol. The van der Waals surface area contributed by atoms with Crippen LogP contribution in [-0.4, -0.2) is 26.0 Å². The number of aryl methyl sites for hydroxylation is 1. The van der Waals surface area contributed by atoms with E-state index in [0.717, 1.165) is 56.4 Å². The second-order valence-electron chi connectivity index (χ2n) is 8.45. The van der Waals surface area contributed by atoms with Crippen molar-refractivity contribution in [1.82, 2.24) is 19.9 Å². The molecule has 0 aliphatic carbocycles. The summed E-state index contributed by atoms with van der Waals surface area (Å²) in [6.07, 6.45) is 6.96. The fourth-order valence-electron chi connectivity index (χ4n) is 3.97. The van der Waals surface area contributed by atoms with Gasteiger partial charge in [-0.05, 0) is 62.7 Å². The molecule has 0 saturated carbocycles. The number of hydrogen-bond donors (Lipinski definition) is 2. The summed E-state index contributed by atoms with van der Waals surface area (Å²) in [6.45, 7) is 6.11. The molecule has 0 bridgehead atoms. The Bertz CT molecular complexity index is 1470. The standard InChI is InChI=1S/C28H26N6O/c1-18(2)35-21-7-4-6-20(16-21)33-27-23-10-9-19(3)26(22(23)11-15-31-27)34-28-24(8-5-13-30-28)25-12-14-29-17-32-25/h4-18H,1-3H3,(H,30,34)(H,31,33). The number of aromatic nitrogens is 4. The molecular weight excluding hydrogens is 436 g/mol. The molecule has 0 unspecified atom stereocenters. The van der Waals surface area contributed by atoms with E-state index in [1.807, 2.05) is 68.6 Å². The summed E-state index contributed by atoms with van der Waals surface area (Å²) in [6, 6.07) is 19.9. The van der Waals surface area contributed by atoms with Gasteiger partial charge >= 0.3 is 0 Å². The second-order valence-corrected chi connectivity index (χ2v) is 8.45. The van der Waals surface area contributed by atoms with Crippen LogP contribution < -0.4 is 15.4 Å². The fraction of sp³-hybridized carbons (Fsp3) is 0.143. The number of nitrogens with one attached hydrogen (secondary N) is 2. The van der Waals surface area contributed by atoms with E-state index in [0.29, 0.717) is 0 Å². The molecule has 0 saturated heterocycles. The summed E-state index contributed by atoms with van der Waals surface area (Å²) >= 11 is 0. The lowest BCUT2D eigenvalue weighted by atomic mass is 10.0. The lowest BCUT2D eigenvalue weighted by Gasteiger charge is -2.17. The Morgan fingerprint density at radius 1 is 0.771 bits per heavy atom. The topological polar surface area (TPSA) is 84.9 Å². The van der Waals surface area contributed by atoms with Crippen LogP contribution in [0, 0.1) is 6.92 Å². The predicted octanol–water partition coefficient (Wildman–Crippen LogP) is 6.67. The Hall–Kier alpha value is -4.52. The average molecular weight is 463 g/mol. The van der Waals surface area contributed by atoms with Crippen molar-refractivity contribution in [3.8, 4) is 17.0 Å². The minimum absolute atomic E-state index is 0.108. The van der Waals surface area contributed by atoms with Crippen LogP contribution >= 0.6 is 0 Å². The summed E-state index contributed by atoms with van der Waals surface area (Å²) < 4.78 is 5.84. The first-order valence-electron chi connectivity index (χ1n) is 11.5. The fourth-order valence-corrected chi connectivity index (χ4v) is 3.97. The number of benzene rings is 2. The number of pyridine rings is 2. The second kappa shape index (κ2) is 9.77. The van der Waals surface area contributed by atoms with Crippen molar-refractivity contribution < 1.29 is 4.74 Å². The van der Waals surface area contributed by atoms with Crippen LogP contribution in [0.25, 0.3) is 22.0 Å². The van der Waals surface area contributed by atoms with Crippen LogP contribution in [0.5, 0.6) is 5.75 Å². The zero-order valence-electron chi connectivity index (χ0n) is 19.9. The van der Waals surface area contributed by atoms with Crippen molar-refractivity contribution >= 4 is 33.8 Å². The zero-order valence-corrected chi connectivity index (χ0v) is 19.9. The van der Waals surface area contributed by atoms with E-state index in [2.05, 4.69) is 49.6 Å². The first-order valence-corrected chi connectivity index (χ1v) is 11.5. The molecule has 174 valence electrons. The molecule has 0 aliphatic heterocycles. The van der Waals surface area contributed by atoms with Gasteiger partial charge in [-0.25, -0.2) is 19.9 Å². The lowest BCUT2D eigenvalue weighted by molar-refractivity contribution is 0.242. The molecule has 7 heteroatoms. The zero-order chi connectivity index (χ0) is 24.2. The quantitative estimate of drug-likeness (QED) is 0.279. The molecule has 5 aromatic rings. The average Bonchev–Trinajstić information content (AvgIpc) is 2.86. The summed E-state index contributed by atoms with van der Waals surface area (Å²) in [5.41, 5.74) is 4.69. The molecule has 7 nitrogen and oxygen atoms in total. The lowest BCUT2D eigenvalue weighted by Crippen LogP contribution is -2.05. The molecule has 0 fully saturated rings. The largest absolute Gasteiger partial charge is 0.491 e. The molecule has 0 radical (unpaired) electrons. The minimum atomic E-state index is 0.108. The van der Waals surface area contributed by atoms with Crippen molar-refractivity contribution in [3.63, 3.8) is 0 Å². The van der Waals surface area contributed by atoms with Crippen LogP contribution in [-0.2, 0) is 0 Å². The Morgan fingerprint density at radius 3 is 2.49 bits per heavy atom. The van der Waals surface area contributed by atoms with Crippen molar-refractivity contribution in [2.45, 2.75) is 26.9 Å². The van der Waals surface area contributed by atoms with Crippen molar-refractivity contribution in [3.05, 3.63) is 91.1 Å². The number of anilines is 4. The van der Waals surface area contributed by atoms with Crippen LogP contribution in [0.4, 0.5) is 23.0 Å². The molecule has 3 heterocycles. The maximum absolute atomic E-state index is 5.84. The van der Waals surface area contributed by atoms with E-state index in [-0.39, 0.29) is 6.10 Å². The van der Waals surface area contributed by atoms with Gasteiger partial charge < -0.3 is 15.4 Å². The van der Waals surface area contributed by atoms with Crippen LogP contribution in [0.1, 0.15) is 19.4 Å². The van der Waals surface area contributed by atoms with Crippen LogP contribution in [0.3, 0.4) is 0 Å². The van der Waals surface area contributed by atoms with Gasteiger partial charge in [0.05, 0.1) is 17.5 Å². The highest BCUT2D eigenvalue weighted by Crippen LogP contribution is 2.35. The molecule has 2 N–H and O–H groups in total. The molecule has 2 aromatic carbocycles. The van der Waals surface area contributed by atoms with Gasteiger partial charge in [-0.15, -0.1) is 0 Å². The van der Waals surface area contributed by atoms with Gasteiger partial charge in [-0.1, -0.05) is 18.2 Å². The van der Waals surface area contributed by atoms with E-state index in [9.17, 15) is 0 Å². The molecule has 3 aromatic heterocycles. The Morgan fingerprint density at radius 2 is 1.66 bits per heavy atom. The SMILES string of the molecule is Cc1ccc2c(Nc3cccc(OC(C)C)c3)nccc2c1Nc1ncccc1-c1ccncn1. The Labute approximate surface area is 204 Å². The molecule has 5 rings (SSSR count). The monoisotopic (exact) mass is 462 g/mol. The molecule has 0 amide bonds. The summed E-state index contributed by atoms with van der Waals surface area (Å²) in [5.74, 6) is 2.31. The first-order chi connectivity index (χ1) is 17.1. The normalized spacial score (nSPS) is 11.0. The van der Waals surface area contributed by atoms with Gasteiger partial charge in [-0.2, -0.15) is 0 Å². The molecule has 0 spiro atoms. The number of hydrogen-bond acceptors (Lipinski definition) is 7. The maximum Gasteiger partial charge on any atom is 0.139 e. The van der Waals surface area contributed by atoms with E-state index < -0.39 is 0 Å². The van der Waals surface area contributed by atoms with Crippen LogP contribution in [0.15, 0.2) is 85.6 Å². The third-order valence-corrected chi connectivity index (χ3v) is 5.53. The highest BCUT2D eigenvalue weighted by Gasteiger charge is 2.13. The third-order valence-electron chi connectivity index (χ3n) is 5.53. The maximum atomic E-state index is 5.84. The number of nitrogens with zero attached hydrogens (tertiary/aromatic N) is 4. The summed E-state index contributed by atoms with van der Waals surface area (Å²) in [7, 11) is 0. The third kappa shape index (κ3) is 4.89. The number of rotatable bonds is 7. The Kier molecular flexibility index (Phi) is 6.22. The van der Waals surface area contributed by atoms with E-state index in [1.165, 1.54) is 0 Å². The van der Waals surface area contributed by atoms with E-state index in [4.69, 9.17) is 4.74 Å². The minimum Gasteiger partial charge on any atom is -0.491 e. The smallest absolute Gasteiger partial charge is 0.139 e.